The molecule has 0 radical (unpaired) electrons. The van der Waals surface area contributed by atoms with Gasteiger partial charge in [0.1, 0.15) is 4.90 Å². The van der Waals surface area contributed by atoms with Crippen LogP contribution in [0.3, 0.4) is 0 Å². The van der Waals surface area contributed by atoms with Crippen LogP contribution in [0.1, 0.15) is 12.8 Å². The molecule has 0 saturated carbocycles. The summed E-state index contributed by atoms with van der Waals surface area (Å²) in [4.78, 5) is 23.1. The fraction of sp³-hybridized carbons (Fsp3) is 0.333. The van der Waals surface area contributed by atoms with Crippen LogP contribution < -0.4 is 10.5 Å². The number of aromatic nitrogens is 1. The maximum atomic E-state index is 11.8. The molecule has 11 heteroatoms. The van der Waals surface area contributed by atoms with E-state index >= 15 is 0 Å². The molecule has 4 N–H and O–H groups in total. The monoisotopic (exact) mass is 304 g/mol. The quantitative estimate of drug-likeness (QED) is 0.351. The van der Waals surface area contributed by atoms with Crippen LogP contribution in [-0.2, 0) is 14.8 Å². The number of rotatable bonds is 7. The van der Waals surface area contributed by atoms with Crippen LogP contribution in [0.25, 0.3) is 0 Å². The number of pyridine rings is 1. The van der Waals surface area contributed by atoms with E-state index in [4.69, 9.17) is 10.8 Å². The van der Waals surface area contributed by atoms with E-state index in [0.717, 1.165) is 12.3 Å². The maximum absolute atomic E-state index is 11.8. The van der Waals surface area contributed by atoms with Gasteiger partial charge in [-0.15, -0.1) is 0 Å². The average Bonchev–Trinajstić information content (AvgIpc) is 2.34. The third kappa shape index (κ3) is 4.13. The van der Waals surface area contributed by atoms with Gasteiger partial charge in [-0.25, -0.2) is 18.1 Å². The number of sulfonamides is 1. The van der Waals surface area contributed by atoms with Gasteiger partial charge in [-0.05, 0) is 6.42 Å². The summed E-state index contributed by atoms with van der Waals surface area (Å²) in [6, 6.07) is 0.794. The van der Waals surface area contributed by atoms with Gasteiger partial charge in [0.2, 0.25) is 15.8 Å². The fourth-order valence-electron chi connectivity index (χ4n) is 1.27. The molecular formula is C9H12N4O6S. The number of nitrogens with one attached hydrogen (secondary N) is 1. The van der Waals surface area contributed by atoms with Gasteiger partial charge in [0.25, 0.3) is 0 Å². The number of nitrogens with zero attached hydrogens (tertiary/aromatic N) is 2. The second kappa shape index (κ2) is 6.25. The van der Waals surface area contributed by atoms with Crippen molar-refractivity contribution in [3.05, 3.63) is 22.4 Å². The second-order valence-electron chi connectivity index (χ2n) is 3.73. The van der Waals surface area contributed by atoms with Crippen molar-refractivity contribution in [1.82, 2.24) is 9.71 Å². The van der Waals surface area contributed by atoms with E-state index in [9.17, 15) is 23.3 Å². The molecule has 0 spiro atoms. The van der Waals surface area contributed by atoms with Gasteiger partial charge in [-0.2, -0.15) is 0 Å². The zero-order valence-electron chi connectivity index (χ0n) is 10.1. The Bertz CT molecular complexity index is 629. The van der Waals surface area contributed by atoms with E-state index in [1.807, 2.05) is 0 Å². The molecule has 1 heterocycles. The highest BCUT2D eigenvalue weighted by Gasteiger charge is 2.21. The summed E-state index contributed by atoms with van der Waals surface area (Å²) in [6.45, 7) is -0.104. The molecule has 1 rings (SSSR count). The zero-order valence-corrected chi connectivity index (χ0v) is 11.0. The first-order valence-electron chi connectivity index (χ1n) is 5.35. The maximum Gasteiger partial charge on any atom is 0.312 e. The van der Waals surface area contributed by atoms with E-state index in [1.165, 1.54) is 0 Å². The molecule has 0 unspecified atom stereocenters. The summed E-state index contributed by atoms with van der Waals surface area (Å²) in [5.74, 6) is -1.44. The Hall–Kier alpha value is -2.27. The molecule has 1 aromatic heterocycles. The number of aliphatic carboxylic acids is 1. The van der Waals surface area contributed by atoms with E-state index in [-0.39, 0.29) is 25.2 Å². The smallest absolute Gasteiger partial charge is 0.312 e. The van der Waals surface area contributed by atoms with Gasteiger partial charge >= 0.3 is 11.7 Å². The van der Waals surface area contributed by atoms with Gasteiger partial charge in [0, 0.05) is 25.2 Å². The number of nitro groups is 1. The normalized spacial score (nSPS) is 11.2. The van der Waals surface area contributed by atoms with Crippen LogP contribution in [0, 0.1) is 10.1 Å². The molecule has 10 nitrogen and oxygen atoms in total. The highest BCUT2D eigenvalue weighted by molar-refractivity contribution is 7.89. The van der Waals surface area contributed by atoms with Gasteiger partial charge < -0.3 is 10.8 Å². The summed E-state index contributed by atoms with van der Waals surface area (Å²) in [6.07, 6.45) is 0.795. The molecule has 0 aromatic carbocycles. The molecule has 0 saturated heterocycles. The zero-order chi connectivity index (χ0) is 15.3. The summed E-state index contributed by atoms with van der Waals surface area (Å²) in [5, 5.41) is 19.1. The van der Waals surface area contributed by atoms with Crippen molar-refractivity contribution in [1.29, 1.82) is 0 Å². The minimum absolute atomic E-state index is 0.0963. The van der Waals surface area contributed by atoms with E-state index in [1.54, 1.807) is 0 Å². The molecule has 0 amide bonds. The van der Waals surface area contributed by atoms with Crippen molar-refractivity contribution in [3.63, 3.8) is 0 Å². The van der Waals surface area contributed by atoms with Crippen LogP contribution in [0.4, 0.5) is 11.5 Å². The minimum atomic E-state index is -4.00. The number of nitrogens with two attached hydrogens (primary N) is 1. The number of nitrogen functional groups attached to an aromatic ring is 1. The van der Waals surface area contributed by atoms with Crippen molar-refractivity contribution in [3.8, 4) is 0 Å². The number of carboxylic acids is 1. The Morgan fingerprint density at radius 3 is 2.75 bits per heavy atom. The number of carboxylic acid groups (broad SMARTS) is 1. The SMILES string of the molecule is Nc1ncc(S(=O)(=O)NCCCC(=O)O)cc1[N+](=O)[O-]. The van der Waals surface area contributed by atoms with Crippen molar-refractivity contribution in [2.75, 3.05) is 12.3 Å². The lowest BCUT2D eigenvalue weighted by Crippen LogP contribution is -2.25. The average molecular weight is 304 g/mol. The summed E-state index contributed by atoms with van der Waals surface area (Å²) in [7, 11) is -4.00. The molecule has 110 valence electrons. The summed E-state index contributed by atoms with van der Waals surface area (Å²) < 4.78 is 25.7. The molecule has 0 aliphatic carbocycles. The van der Waals surface area contributed by atoms with E-state index in [0.29, 0.717) is 0 Å². The lowest BCUT2D eigenvalue weighted by Gasteiger charge is -2.06. The van der Waals surface area contributed by atoms with E-state index in [2.05, 4.69) is 9.71 Å². The van der Waals surface area contributed by atoms with Crippen molar-refractivity contribution in [2.45, 2.75) is 17.7 Å². The van der Waals surface area contributed by atoms with Crippen LogP contribution >= 0.6 is 0 Å². The van der Waals surface area contributed by atoms with Crippen molar-refractivity contribution >= 4 is 27.5 Å². The Kier molecular flexibility index (Phi) is 4.94. The second-order valence-corrected chi connectivity index (χ2v) is 5.49. The van der Waals surface area contributed by atoms with Crippen LogP contribution in [-0.4, -0.2) is 35.9 Å². The molecule has 20 heavy (non-hydrogen) atoms. The van der Waals surface area contributed by atoms with Gasteiger partial charge in [0.05, 0.1) is 4.92 Å². The fourth-order valence-corrected chi connectivity index (χ4v) is 2.31. The summed E-state index contributed by atoms with van der Waals surface area (Å²) in [5.41, 5.74) is 4.64. The molecule has 0 aliphatic rings. The number of anilines is 1. The van der Waals surface area contributed by atoms with Crippen LogP contribution in [0.15, 0.2) is 17.2 Å². The Morgan fingerprint density at radius 1 is 1.55 bits per heavy atom. The molecule has 0 fully saturated rings. The Labute approximate surface area is 113 Å². The third-order valence-corrected chi connectivity index (χ3v) is 3.67. The summed E-state index contributed by atoms with van der Waals surface area (Å²) >= 11 is 0. The van der Waals surface area contributed by atoms with Crippen molar-refractivity contribution < 1.29 is 23.2 Å². The van der Waals surface area contributed by atoms with E-state index < -0.39 is 31.5 Å². The molecule has 1 aromatic rings. The third-order valence-electron chi connectivity index (χ3n) is 2.24. The first-order valence-corrected chi connectivity index (χ1v) is 6.83. The number of hydrogen-bond donors (Lipinski definition) is 3. The lowest BCUT2D eigenvalue weighted by molar-refractivity contribution is -0.384. The number of carbonyl (C=O) groups is 1. The topological polar surface area (TPSA) is 166 Å². The van der Waals surface area contributed by atoms with Gasteiger partial charge in [0.15, 0.2) is 0 Å². The van der Waals surface area contributed by atoms with Crippen LogP contribution in [0.2, 0.25) is 0 Å². The predicted octanol–water partition coefficient (Wildman–Crippen LogP) is -0.285. The standard InChI is InChI=1S/C9H12N4O6S/c10-9-7(13(16)17)4-6(5-11-9)20(18,19)12-3-1-2-8(14)15/h4-5,12H,1-3H2,(H2,10,11)(H,14,15). The first-order chi connectivity index (χ1) is 9.24. The minimum Gasteiger partial charge on any atom is -0.481 e. The molecular weight excluding hydrogens is 292 g/mol. The predicted molar refractivity (Wildman–Crippen MR) is 67.4 cm³/mol. The molecule has 0 atom stereocenters. The van der Waals surface area contributed by atoms with Crippen molar-refractivity contribution in [2.24, 2.45) is 0 Å². The lowest BCUT2D eigenvalue weighted by atomic mass is 10.3. The Morgan fingerprint density at radius 2 is 2.20 bits per heavy atom. The van der Waals surface area contributed by atoms with Gasteiger partial charge in [-0.3, -0.25) is 14.9 Å². The van der Waals surface area contributed by atoms with Crippen LogP contribution in [0.5, 0.6) is 0 Å². The Balaban J connectivity index is 2.85. The largest absolute Gasteiger partial charge is 0.481 e. The first kappa shape index (κ1) is 15.8. The highest BCUT2D eigenvalue weighted by atomic mass is 32.2. The molecule has 0 bridgehead atoms. The number of hydrogen-bond acceptors (Lipinski definition) is 7. The highest BCUT2D eigenvalue weighted by Crippen LogP contribution is 2.21. The van der Waals surface area contributed by atoms with Gasteiger partial charge in [-0.1, -0.05) is 0 Å². The molecule has 0 aliphatic heterocycles.